The minimum atomic E-state index is 0.392. The maximum absolute atomic E-state index is 6.24. The van der Waals surface area contributed by atoms with Crippen LogP contribution in [0.25, 0.3) is 0 Å². The molecule has 0 aromatic rings. The molecule has 0 heterocycles. The highest BCUT2D eigenvalue weighted by Crippen LogP contribution is 2.20. The molecule has 18 heavy (non-hydrogen) atoms. The molecule has 0 aliphatic heterocycles. The van der Waals surface area contributed by atoms with Gasteiger partial charge in [-0.25, -0.2) is 0 Å². The van der Waals surface area contributed by atoms with E-state index in [1.54, 1.807) is 0 Å². The lowest BCUT2D eigenvalue weighted by Crippen LogP contribution is -2.09. The molecule has 0 aliphatic carbocycles. The smallest absolute Gasteiger partial charge is 0.0359 e. The molecule has 2 atom stereocenters. The Hall–Kier alpha value is 0.290. The van der Waals surface area contributed by atoms with Crippen LogP contribution in [0.15, 0.2) is 0 Å². The van der Waals surface area contributed by atoms with E-state index >= 15 is 0 Å². The van der Waals surface area contributed by atoms with Crippen molar-refractivity contribution in [1.29, 1.82) is 0 Å². The third kappa shape index (κ3) is 11.4. The van der Waals surface area contributed by atoms with E-state index in [4.69, 9.17) is 11.6 Å². The highest BCUT2D eigenvalue weighted by molar-refractivity contribution is 6.20. The molecule has 0 aromatic carbocycles. The molecule has 0 aromatic heterocycles. The van der Waals surface area contributed by atoms with Crippen molar-refractivity contribution in [3.63, 3.8) is 0 Å². The maximum Gasteiger partial charge on any atom is 0.0359 e. The lowest BCUT2D eigenvalue weighted by Gasteiger charge is -2.15. The van der Waals surface area contributed by atoms with Crippen LogP contribution in [-0.4, -0.2) is 5.38 Å². The van der Waals surface area contributed by atoms with Gasteiger partial charge >= 0.3 is 0 Å². The molecule has 0 amide bonds. The van der Waals surface area contributed by atoms with Gasteiger partial charge in [0.05, 0.1) is 0 Å². The van der Waals surface area contributed by atoms with Crippen LogP contribution in [0.3, 0.4) is 0 Å². The van der Waals surface area contributed by atoms with Crippen LogP contribution >= 0.6 is 11.6 Å². The van der Waals surface area contributed by atoms with Crippen molar-refractivity contribution in [2.24, 2.45) is 5.92 Å². The highest BCUT2D eigenvalue weighted by Gasteiger charge is 2.11. The third-order valence-electron chi connectivity index (χ3n) is 4.02. The van der Waals surface area contributed by atoms with Gasteiger partial charge in [0.2, 0.25) is 0 Å². The molecule has 0 bridgehead atoms. The number of hydrogen-bond donors (Lipinski definition) is 0. The van der Waals surface area contributed by atoms with E-state index in [1.807, 2.05) is 0 Å². The Morgan fingerprint density at radius 3 is 1.61 bits per heavy atom. The fraction of sp³-hybridized carbons (Fsp3) is 1.00. The van der Waals surface area contributed by atoms with Crippen LogP contribution in [-0.2, 0) is 0 Å². The summed E-state index contributed by atoms with van der Waals surface area (Å²) in [5, 5.41) is 0.392. The van der Waals surface area contributed by atoms with E-state index in [-0.39, 0.29) is 0 Å². The van der Waals surface area contributed by atoms with Gasteiger partial charge in [-0.1, -0.05) is 85.0 Å². The molecular weight excluding hydrogens is 240 g/mol. The lowest BCUT2D eigenvalue weighted by atomic mass is 9.97. The van der Waals surface area contributed by atoms with Crippen LogP contribution in [0, 0.1) is 5.92 Å². The molecule has 0 saturated heterocycles. The Balaban J connectivity index is 3.11. The second-order valence-electron chi connectivity index (χ2n) is 5.87. The predicted octanol–water partition coefficient (Wildman–Crippen LogP) is 6.95. The van der Waals surface area contributed by atoms with Gasteiger partial charge in [0, 0.05) is 5.38 Å². The summed E-state index contributed by atoms with van der Waals surface area (Å²) in [5.41, 5.74) is 0. The molecule has 0 nitrogen and oxygen atoms in total. The predicted molar refractivity (Wildman–Crippen MR) is 85.6 cm³/mol. The zero-order chi connectivity index (χ0) is 13.6. The van der Waals surface area contributed by atoms with Gasteiger partial charge < -0.3 is 0 Å². The van der Waals surface area contributed by atoms with E-state index in [0.717, 1.165) is 6.42 Å². The minimum absolute atomic E-state index is 0.392. The number of alkyl halides is 1. The van der Waals surface area contributed by atoms with Crippen LogP contribution < -0.4 is 0 Å². The second-order valence-corrected chi connectivity index (χ2v) is 6.43. The van der Waals surface area contributed by atoms with Crippen molar-refractivity contribution in [2.45, 2.75) is 103 Å². The zero-order valence-corrected chi connectivity index (χ0v) is 13.8. The van der Waals surface area contributed by atoms with Crippen LogP contribution in [0.2, 0.25) is 0 Å². The summed E-state index contributed by atoms with van der Waals surface area (Å²) < 4.78 is 0. The first kappa shape index (κ1) is 18.3. The third-order valence-corrected chi connectivity index (χ3v) is 4.76. The molecule has 0 rings (SSSR count). The van der Waals surface area contributed by atoms with Crippen molar-refractivity contribution in [1.82, 2.24) is 0 Å². The monoisotopic (exact) mass is 274 g/mol. The molecule has 2 unspecified atom stereocenters. The summed E-state index contributed by atoms with van der Waals surface area (Å²) in [4.78, 5) is 0. The zero-order valence-electron chi connectivity index (χ0n) is 13.0. The van der Waals surface area contributed by atoms with E-state index < -0.39 is 0 Å². The van der Waals surface area contributed by atoms with E-state index in [2.05, 4.69) is 20.8 Å². The maximum atomic E-state index is 6.24. The molecular formula is C17H35Cl. The lowest BCUT2D eigenvalue weighted by molar-refractivity contribution is 0.455. The second kappa shape index (κ2) is 13.7. The van der Waals surface area contributed by atoms with Gasteiger partial charge in [-0.15, -0.1) is 11.6 Å². The highest BCUT2D eigenvalue weighted by atomic mass is 35.5. The Bertz CT molecular complexity index is 156. The van der Waals surface area contributed by atoms with Crippen molar-refractivity contribution >= 4 is 11.6 Å². The van der Waals surface area contributed by atoms with E-state index in [1.165, 1.54) is 70.6 Å². The van der Waals surface area contributed by atoms with Crippen molar-refractivity contribution in [3.05, 3.63) is 0 Å². The Labute approximate surface area is 121 Å². The summed E-state index contributed by atoms with van der Waals surface area (Å²) in [6.07, 6.45) is 16.7. The molecule has 0 N–H and O–H groups in total. The van der Waals surface area contributed by atoms with Gasteiger partial charge in [-0.3, -0.25) is 0 Å². The van der Waals surface area contributed by atoms with Crippen LogP contribution in [0.1, 0.15) is 97.8 Å². The summed E-state index contributed by atoms with van der Waals surface area (Å²) in [6, 6.07) is 0. The molecule has 0 fully saturated rings. The van der Waals surface area contributed by atoms with Gasteiger partial charge in [-0.2, -0.15) is 0 Å². The number of hydrogen-bond acceptors (Lipinski definition) is 0. The summed E-state index contributed by atoms with van der Waals surface area (Å²) in [5.74, 6) is 0.700. The normalized spacial score (nSPS) is 14.7. The standard InChI is InChI=1S/C17H35Cl/c1-4-6-7-8-9-10-11-12-13-14-15-16(3)17(18)5-2/h16-17H,4-15H2,1-3H3. The first-order valence-electron chi connectivity index (χ1n) is 8.36. The molecule has 0 saturated carbocycles. The molecule has 0 radical (unpaired) electrons. The Morgan fingerprint density at radius 1 is 0.722 bits per heavy atom. The van der Waals surface area contributed by atoms with E-state index in [9.17, 15) is 0 Å². The molecule has 110 valence electrons. The van der Waals surface area contributed by atoms with Crippen LogP contribution in [0.5, 0.6) is 0 Å². The SMILES string of the molecule is CCCCCCCCCCCCC(C)C(Cl)CC. The number of rotatable bonds is 13. The van der Waals surface area contributed by atoms with Crippen molar-refractivity contribution in [2.75, 3.05) is 0 Å². The summed E-state index contributed by atoms with van der Waals surface area (Å²) in [6.45, 7) is 6.77. The Morgan fingerprint density at radius 2 is 1.17 bits per heavy atom. The quantitative estimate of drug-likeness (QED) is 0.252. The van der Waals surface area contributed by atoms with Gasteiger partial charge in [-0.05, 0) is 18.8 Å². The summed E-state index contributed by atoms with van der Waals surface area (Å²) in [7, 11) is 0. The average molecular weight is 275 g/mol. The summed E-state index contributed by atoms with van der Waals surface area (Å²) >= 11 is 6.24. The van der Waals surface area contributed by atoms with Crippen molar-refractivity contribution < 1.29 is 0 Å². The van der Waals surface area contributed by atoms with E-state index in [0.29, 0.717) is 11.3 Å². The molecule has 0 aliphatic rings. The molecule has 0 spiro atoms. The van der Waals surface area contributed by atoms with Gasteiger partial charge in [0.25, 0.3) is 0 Å². The van der Waals surface area contributed by atoms with Crippen molar-refractivity contribution in [3.8, 4) is 0 Å². The fourth-order valence-electron chi connectivity index (χ4n) is 2.54. The first-order chi connectivity index (χ1) is 8.72. The average Bonchev–Trinajstić information content (AvgIpc) is 2.39. The first-order valence-corrected chi connectivity index (χ1v) is 8.80. The Kier molecular flexibility index (Phi) is 13.9. The molecule has 1 heteroatoms. The van der Waals surface area contributed by atoms with Gasteiger partial charge in [0.1, 0.15) is 0 Å². The van der Waals surface area contributed by atoms with Gasteiger partial charge in [0.15, 0.2) is 0 Å². The fourth-order valence-corrected chi connectivity index (χ4v) is 2.66. The number of halogens is 1. The number of unbranched alkanes of at least 4 members (excludes halogenated alkanes) is 9. The minimum Gasteiger partial charge on any atom is -0.123 e. The topological polar surface area (TPSA) is 0 Å². The largest absolute Gasteiger partial charge is 0.123 e. The van der Waals surface area contributed by atoms with Crippen LogP contribution in [0.4, 0.5) is 0 Å².